The molecule has 2 aromatic carbocycles. The lowest BCUT2D eigenvalue weighted by atomic mass is 10.1. The lowest BCUT2D eigenvalue weighted by molar-refractivity contribution is 0.0136. The largest absolute Gasteiger partial charge is 0.493 e. The van der Waals surface area contributed by atoms with E-state index in [2.05, 4.69) is 14.9 Å². The van der Waals surface area contributed by atoms with Crippen LogP contribution in [0.25, 0.3) is 17.0 Å². The fourth-order valence-corrected chi connectivity index (χ4v) is 4.86. The van der Waals surface area contributed by atoms with Gasteiger partial charge in [-0.3, -0.25) is 4.90 Å². The molecule has 2 aliphatic rings. The first-order valence-corrected chi connectivity index (χ1v) is 13.4. The van der Waals surface area contributed by atoms with Crippen LogP contribution in [0.15, 0.2) is 36.2 Å². The number of hydrogen-bond acceptors (Lipinski definition) is 8. The van der Waals surface area contributed by atoms with Gasteiger partial charge in [0.05, 0.1) is 18.0 Å². The van der Waals surface area contributed by atoms with Crippen LogP contribution in [0.1, 0.15) is 38.8 Å². The SMILES string of the molecule is COc1cc2c(Oc3ccc4c(c3F)C=C(C)C4)ncnc2cc1OCCN1CCN(C(=O)OC(C)(C)C)CC1. The van der Waals surface area contributed by atoms with Gasteiger partial charge in [-0.25, -0.2) is 19.2 Å². The standard InChI is InChI=1S/C30H35FN4O5/c1-19-14-20-6-7-24(27(31)21(20)15-19)39-28-22-16-25(37-5)26(17-23(22)32-18-33-28)38-13-12-34-8-10-35(11-9-34)29(36)40-30(2,3)4/h6-7,15-18H,8-14H2,1-5H3. The van der Waals surface area contributed by atoms with Crippen LogP contribution < -0.4 is 14.2 Å². The number of amides is 1. The third kappa shape index (κ3) is 6.12. The molecule has 0 spiro atoms. The molecule has 9 nitrogen and oxygen atoms in total. The van der Waals surface area contributed by atoms with Gasteiger partial charge in [0.15, 0.2) is 23.1 Å². The van der Waals surface area contributed by atoms with Crippen molar-refractivity contribution in [3.63, 3.8) is 0 Å². The molecule has 1 amide bonds. The van der Waals surface area contributed by atoms with Crippen LogP contribution in [0.3, 0.4) is 0 Å². The van der Waals surface area contributed by atoms with Crippen molar-refractivity contribution in [3.05, 3.63) is 53.1 Å². The Labute approximate surface area is 233 Å². The molecule has 40 heavy (non-hydrogen) atoms. The van der Waals surface area contributed by atoms with Crippen molar-refractivity contribution in [3.8, 4) is 23.1 Å². The second kappa shape index (κ2) is 11.3. The van der Waals surface area contributed by atoms with Gasteiger partial charge >= 0.3 is 6.09 Å². The smallest absolute Gasteiger partial charge is 0.410 e. The number of fused-ring (bicyclic) bond motifs is 2. The van der Waals surface area contributed by atoms with Crippen molar-refractivity contribution in [2.24, 2.45) is 0 Å². The number of piperazine rings is 1. The molecule has 1 aromatic heterocycles. The number of rotatable bonds is 7. The summed E-state index contributed by atoms with van der Waals surface area (Å²) in [5, 5.41) is 0.580. The van der Waals surface area contributed by atoms with Crippen LogP contribution in [-0.4, -0.2) is 77.9 Å². The molecule has 0 saturated carbocycles. The maximum atomic E-state index is 15.2. The van der Waals surface area contributed by atoms with E-state index in [9.17, 15) is 4.79 Å². The van der Waals surface area contributed by atoms with E-state index in [0.29, 0.717) is 54.2 Å². The Bertz CT molecular complexity index is 1440. The Morgan fingerprint density at radius 3 is 2.55 bits per heavy atom. The minimum absolute atomic E-state index is 0.107. The van der Waals surface area contributed by atoms with Crippen molar-refractivity contribution >= 4 is 23.1 Å². The number of hydrogen-bond donors (Lipinski definition) is 0. The van der Waals surface area contributed by atoms with Gasteiger partial charge in [-0.1, -0.05) is 17.7 Å². The molecule has 0 atom stereocenters. The van der Waals surface area contributed by atoms with Gasteiger partial charge < -0.3 is 23.8 Å². The minimum Gasteiger partial charge on any atom is -0.493 e. The summed E-state index contributed by atoms with van der Waals surface area (Å²) in [5.74, 6) is 0.970. The van der Waals surface area contributed by atoms with Gasteiger partial charge in [-0.15, -0.1) is 0 Å². The lowest BCUT2D eigenvalue weighted by Gasteiger charge is -2.35. The molecule has 2 heterocycles. The molecule has 0 radical (unpaired) electrons. The first-order chi connectivity index (χ1) is 19.1. The zero-order valence-corrected chi connectivity index (χ0v) is 23.6. The van der Waals surface area contributed by atoms with Crippen LogP contribution in [0, 0.1) is 5.82 Å². The average molecular weight is 551 g/mol. The van der Waals surface area contributed by atoms with Gasteiger partial charge in [0.25, 0.3) is 0 Å². The number of aromatic nitrogens is 2. The Morgan fingerprint density at radius 1 is 1.05 bits per heavy atom. The van der Waals surface area contributed by atoms with E-state index in [0.717, 1.165) is 30.6 Å². The quantitative estimate of drug-likeness (QED) is 0.383. The summed E-state index contributed by atoms with van der Waals surface area (Å²) in [6.45, 7) is 11.4. The Morgan fingerprint density at radius 2 is 1.82 bits per heavy atom. The summed E-state index contributed by atoms with van der Waals surface area (Å²) in [6.07, 6.45) is 3.70. The number of halogens is 1. The molecule has 0 N–H and O–H groups in total. The normalized spacial score (nSPS) is 15.6. The van der Waals surface area contributed by atoms with E-state index in [-0.39, 0.29) is 17.7 Å². The highest BCUT2D eigenvalue weighted by Gasteiger charge is 2.26. The Balaban J connectivity index is 1.23. The van der Waals surface area contributed by atoms with Gasteiger partial charge in [0, 0.05) is 44.4 Å². The molecule has 212 valence electrons. The van der Waals surface area contributed by atoms with Crippen LogP contribution in [-0.2, 0) is 11.2 Å². The Kier molecular flexibility index (Phi) is 7.80. The second-order valence-corrected chi connectivity index (χ2v) is 11.1. The molecule has 10 heteroatoms. The number of allylic oxidation sites excluding steroid dienone is 1. The summed E-state index contributed by atoms with van der Waals surface area (Å²) >= 11 is 0. The van der Waals surface area contributed by atoms with Crippen molar-refractivity contribution in [2.75, 3.05) is 46.4 Å². The van der Waals surface area contributed by atoms with E-state index in [4.69, 9.17) is 18.9 Å². The predicted octanol–water partition coefficient (Wildman–Crippen LogP) is 5.46. The summed E-state index contributed by atoms with van der Waals surface area (Å²) < 4.78 is 38.2. The minimum atomic E-state index is -0.507. The van der Waals surface area contributed by atoms with E-state index in [1.165, 1.54) is 6.33 Å². The van der Waals surface area contributed by atoms with Gasteiger partial charge in [0.2, 0.25) is 5.88 Å². The van der Waals surface area contributed by atoms with Crippen LogP contribution in [0.5, 0.6) is 23.1 Å². The van der Waals surface area contributed by atoms with E-state index in [1.54, 1.807) is 30.2 Å². The number of ether oxygens (including phenoxy) is 4. The maximum Gasteiger partial charge on any atom is 0.410 e. The zero-order chi connectivity index (χ0) is 28.4. The topological polar surface area (TPSA) is 86.3 Å². The van der Waals surface area contributed by atoms with Crippen molar-refractivity contribution in [2.45, 2.75) is 39.7 Å². The number of carbonyl (C=O) groups is 1. The summed E-state index contributed by atoms with van der Waals surface area (Å²) in [7, 11) is 1.56. The maximum absolute atomic E-state index is 15.2. The summed E-state index contributed by atoms with van der Waals surface area (Å²) in [6, 6.07) is 7.04. The van der Waals surface area contributed by atoms with Crippen LogP contribution >= 0.6 is 0 Å². The third-order valence-corrected chi connectivity index (χ3v) is 6.87. The number of nitrogens with zero attached hydrogens (tertiary/aromatic N) is 4. The molecule has 1 aliphatic heterocycles. The summed E-state index contributed by atoms with van der Waals surface area (Å²) in [5.41, 5.74) is 2.70. The van der Waals surface area contributed by atoms with E-state index in [1.807, 2.05) is 39.8 Å². The number of methoxy groups -OCH3 is 1. The van der Waals surface area contributed by atoms with Crippen molar-refractivity contribution in [1.82, 2.24) is 19.8 Å². The molecule has 3 aromatic rings. The first kappa shape index (κ1) is 27.6. The highest BCUT2D eigenvalue weighted by atomic mass is 19.1. The fraction of sp³-hybridized carbons (Fsp3) is 0.433. The highest BCUT2D eigenvalue weighted by Crippen LogP contribution is 2.38. The first-order valence-electron chi connectivity index (χ1n) is 13.4. The third-order valence-electron chi connectivity index (χ3n) is 6.87. The van der Waals surface area contributed by atoms with Gasteiger partial charge in [-0.2, -0.15) is 0 Å². The predicted molar refractivity (Wildman–Crippen MR) is 150 cm³/mol. The van der Waals surface area contributed by atoms with Crippen molar-refractivity contribution in [1.29, 1.82) is 0 Å². The highest BCUT2D eigenvalue weighted by molar-refractivity contribution is 5.87. The van der Waals surface area contributed by atoms with Crippen molar-refractivity contribution < 1.29 is 28.1 Å². The summed E-state index contributed by atoms with van der Waals surface area (Å²) in [4.78, 5) is 24.9. The molecule has 5 rings (SSSR count). The molecule has 1 aliphatic carbocycles. The zero-order valence-electron chi connectivity index (χ0n) is 23.6. The Hall–Kier alpha value is -3.92. The van der Waals surface area contributed by atoms with Crippen LogP contribution in [0.4, 0.5) is 9.18 Å². The van der Waals surface area contributed by atoms with E-state index < -0.39 is 11.4 Å². The fourth-order valence-electron chi connectivity index (χ4n) is 4.86. The molecule has 0 bridgehead atoms. The molecular weight excluding hydrogens is 515 g/mol. The van der Waals surface area contributed by atoms with Gasteiger partial charge in [-0.05, 0) is 51.8 Å². The monoisotopic (exact) mass is 550 g/mol. The average Bonchev–Trinajstić information content (AvgIpc) is 3.30. The molecule has 1 fully saturated rings. The molecule has 1 saturated heterocycles. The van der Waals surface area contributed by atoms with Gasteiger partial charge in [0.1, 0.15) is 18.5 Å². The second-order valence-electron chi connectivity index (χ2n) is 11.1. The number of benzene rings is 2. The number of carbonyl (C=O) groups excluding carboxylic acids is 1. The lowest BCUT2D eigenvalue weighted by Crippen LogP contribution is -2.50. The molecule has 0 unspecified atom stereocenters. The van der Waals surface area contributed by atoms with Crippen LogP contribution in [0.2, 0.25) is 0 Å². The molecular formula is C30H35FN4O5. The van der Waals surface area contributed by atoms with E-state index >= 15 is 4.39 Å².